The summed E-state index contributed by atoms with van der Waals surface area (Å²) in [5.74, 6) is 0.598. The summed E-state index contributed by atoms with van der Waals surface area (Å²) >= 11 is 0. The molecule has 0 unspecified atom stereocenters. The maximum atomic E-state index is 14.0. The average molecular weight is 294 g/mol. The number of ether oxygens (including phenoxy) is 1. The molecule has 2 rings (SSSR count). The fourth-order valence-corrected chi connectivity index (χ4v) is 3.02. The van der Waals surface area contributed by atoms with Gasteiger partial charge in [0.25, 0.3) is 0 Å². The third-order valence-corrected chi connectivity index (χ3v) is 4.28. The first-order valence-electron chi connectivity index (χ1n) is 7.81. The zero-order chi connectivity index (χ0) is 15.2. The standard InChI is InChI=1S/C17H27FN2O/c1-19(2)11-9-15-6-4-5-10-20(15)13-14-12-16(21-3)7-8-17(14)18/h7-8,12,15H,4-6,9-11,13H2,1-3H3/t15-/m1/s1. The lowest BCUT2D eigenvalue weighted by atomic mass is 9.98. The van der Waals surface area contributed by atoms with Crippen LogP contribution in [0.3, 0.4) is 0 Å². The number of hydrogen-bond acceptors (Lipinski definition) is 3. The molecular formula is C17H27FN2O. The first-order valence-corrected chi connectivity index (χ1v) is 7.81. The van der Waals surface area contributed by atoms with Crippen molar-refractivity contribution < 1.29 is 9.13 Å². The Labute approximate surface area is 127 Å². The molecule has 1 aromatic carbocycles. The molecule has 0 saturated carbocycles. The minimum absolute atomic E-state index is 0.132. The number of hydrogen-bond donors (Lipinski definition) is 0. The molecule has 118 valence electrons. The average Bonchev–Trinajstić information content (AvgIpc) is 2.48. The van der Waals surface area contributed by atoms with Crippen LogP contribution in [0.1, 0.15) is 31.2 Å². The Bertz CT molecular complexity index is 450. The van der Waals surface area contributed by atoms with Crippen molar-refractivity contribution >= 4 is 0 Å². The summed E-state index contributed by atoms with van der Waals surface area (Å²) in [5, 5.41) is 0. The van der Waals surface area contributed by atoms with Gasteiger partial charge in [-0.3, -0.25) is 4.90 Å². The Morgan fingerprint density at radius 2 is 2.14 bits per heavy atom. The van der Waals surface area contributed by atoms with Gasteiger partial charge in [0.1, 0.15) is 11.6 Å². The van der Waals surface area contributed by atoms with E-state index in [4.69, 9.17) is 4.74 Å². The van der Waals surface area contributed by atoms with Gasteiger partial charge >= 0.3 is 0 Å². The van der Waals surface area contributed by atoms with Crippen LogP contribution in [0.2, 0.25) is 0 Å². The molecule has 4 heteroatoms. The number of methoxy groups -OCH3 is 1. The highest BCUT2D eigenvalue weighted by Crippen LogP contribution is 2.24. The third kappa shape index (κ3) is 4.68. The lowest BCUT2D eigenvalue weighted by Gasteiger charge is -2.36. The van der Waals surface area contributed by atoms with Gasteiger partial charge < -0.3 is 9.64 Å². The van der Waals surface area contributed by atoms with Crippen LogP contribution in [0.5, 0.6) is 5.75 Å². The van der Waals surface area contributed by atoms with Crippen LogP contribution in [-0.4, -0.2) is 50.1 Å². The normalized spacial score (nSPS) is 20.0. The Kier molecular flexibility index (Phi) is 6.00. The monoisotopic (exact) mass is 294 g/mol. The number of nitrogens with zero attached hydrogens (tertiary/aromatic N) is 2. The summed E-state index contributed by atoms with van der Waals surface area (Å²) in [4.78, 5) is 4.66. The smallest absolute Gasteiger partial charge is 0.127 e. The van der Waals surface area contributed by atoms with Gasteiger partial charge in [-0.1, -0.05) is 6.42 Å². The van der Waals surface area contributed by atoms with E-state index in [0.717, 1.165) is 30.8 Å². The van der Waals surface area contributed by atoms with Crippen molar-refractivity contribution in [3.05, 3.63) is 29.6 Å². The summed E-state index contributed by atoms with van der Waals surface area (Å²) in [6.07, 6.45) is 4.87. The Balaban J connectivity index is 2.04. The van der Waals surface area contributed by atoms with E-state index in [1.807, 2.05) is 6.07 Å². The Hall–Kier alpha value is -1.13. The highest BCUT2D eigenvalue weighted by molar-refractivity contribution is 5.29. The van der Waals surface area contributed by atoms with E-state index in [-0.39, 0.29) is 5.82 Å². The van der Waals surface area contributed by atoms with Crippen LogP contribution in [0.4, 0.5) is 4.39 Å². The molecule has 0 radical (unpaired) electrons. The van der Waals surface area contributed by atoms with E-state index >= 15 is 0 Å². The first-order chi connectivity index (χ1) is 10.1. The maximum Gasteiger partial charge on any atom is 0.127 e. The largest absolute Gasteiger partial charge is 0.497 e. The molecule has 0 amide bonds. The predicted octanol–water partition coefficient (Wildman–Crippen LogP) is 3.14. The molecule has 1 fully saturated rings. The van der Waals surface area contributed by atoms with Gasteiger partial charge in [-0.05, 0) is 64.6 Å². The van der Waals surface area contributed by atoms with Gasteiger partial charge in [-0.2, -0.15) is 0 Å². The zero-order valence-electron chi connectivity index (χ0n) is 13.4. The van der Waals surface area contributed by atoms with Gasteiger partial charge in [0.15, 0.2) is 0 Å². The second-order valence-corrected chi connectivity index (χ2v) is 6.17. The number of rotatable bonds is 6. The van der Waals surface area contributed by atoms with Crippen molar-refractivity contribution in [3.63, 3.8) is 0 Å². The summed E-state index contributed by atoms with van der Waals surface area (Å²) in [5.41, 5.74) is 0.742. The molecule has 0 bridgehead atoms. The lowest BCUT2D eigenvalue weighted by molar-refractivity contribution is 0.123. The Morgan fingerprint density at radius 1 is 1.33 bits per heavy atom. The highest BCUT2D eigenvalue weighted by Gasteiger charge is 2.23. The van der Waals surface area contributed by atoms with Gasteiger partial charge in [0.2, 0.25) is 0 Å². The van der Waals surface area contributed by atoms with Crippen LogP contribution >= 0.6 is 0 Å². The quantitative estimate of drug-likeness (QED) is 0.801. The van der Waals surface area contributed by atoms with Crippen LogP contribution < -0.4 is 4.74 Å². The molecule has 1 aliphatic heterocycles. The van der Waals surface area contributed by atoms with Crippen LogP contribution in [0.15, 0.2) is 18.2 Å². The van der Waals surface area contributed by atoms with Crippen molar-refractivity contribution in [1.29, 1.82) is 0 Å². The van der Waals surface area contributed by atoms with Crippen molar-refractivity contribution in [1.82, 2.24) is 9.80 Å². The fraction of sp³-hybridized carbons (Fsp3) is 0.647. The minimum atomic E-state index is -0.132. The second-order valence-electron chi connectivity index (χ2n) is 6.17. The molecule has 0 aromatic heterocycles. The molecule has 1 heterocycles. The summed E-state index contributed by atoms with van der Waals surface area (Å²) in [6.45, 7) is 2.83. The minimum Gasteiger partial charge on any atom is -0.497 e. The van der Waals surface area contributed by atoms with Gasteiger partial charge in [0.05, 0.1) is 7.11 Å². The Morgan fingerprint density at radius 3 is 2.86 bits per heavy atom. The molecule has 1 saturated heterocycles. The highest BCUT2D eigenvalue weighted by atomic mass is 19.1. The molecular weight excluding hydrogens is 267 g/mol. The number of likely N-dealkylation sites (tertiary alicyclic amines) is 1. The molecule has 1 aliphatic rings. The molecule has 1 atom stereocenters. The fourth-order valence-electron chi connectivity index (χ4n) is 3.02. The van der Waals surface area contributed by atoms with Gasteiger partial charge in [-0.25, -0.2) is 4.39 Å². The topological polar surface area (TPSA) is 15.7 Å². The van der Waals surface area contributed by atoms with E-state index in [0.29, 0.717) is 12.6 Å². The van der Waals surface area contributed by atoms with Crippen LogP contribution in [0, 0.1) is 5.82 Å². The van der Waals surface area contributed by atoms with Crippen molar-refractivity contribution in [2.45, 2.75) is 38.3 Å². The molecule has 0 spiro atoms. The predicted molar refractivity (Wildman–Crippen MR) is 84.2 cm³/mol. The van der Waals surface area contributed by atoms with Crippen LogP contribution in [0.25, 0.3) is 0 Å². The lowest BCUT2D eigenvalue weighted by Crippen LogP contribution is -2.40. The van der Waals surface area contributed by atoms with E-state index in [2.05, 4.69) is 23.9 Å². The van der Waals surface area contributed by atoms with E-state index < -0.39 is 0 Å². The number of benzene rings is 1. The van der Waals surface area contributed by atoms with Gasteiger partial charge in [0, 0.05) is 18.2 Å². The zero-order valence-corrected chi connectivity index (χ0v) is 13.4. The maximum absolute atomic E-state index is 14.0. The molecule has 0 aliphatic carbocycles. The molecule has 3 nitrogen and oxygen atoms in total. The molecule has 0 N–H and O–H groups in total. The van der Waals surface area contributed by atoms with Crippen LogP contribution in [-0.2, 0) is 6.54 Å². The van der Waals surface area contributed by atoms with E-state index in [1.54, 1.807) is 13.2 Å². The third-order valence-electron chi connectivity index (χ3n) is 4.28. The summed E-state index contributed by atoms with van der Waals surface area (Å²) in [7, 11) is 5.83. The SMILES string of the molecule is COc1ccc(F)c(CN2CCCC[C@@H]2CCN(C)C)c1. The van der Waals surface area contributed by atoms with Crippen molar-refractivity contribution in [3.8, 4) is 5.75 Å². The number of piperidine rings is 1. The van der Waals surface area contributed by atoms with E-state index in [1.165, 1.54) is 25.3 Å². The van der Waals surface area contributed by atoms with Crippen molar-refractivity contribution in [2.75, 3.05) is 34.3 Å². The second kappa shape index (κ2) is 7.76. The summed E-state index contributed by atoms with van der Waals surface area (Å²) < 4.78 is 19.2. The molecule has 1 aromatic rings. The van der Waals surface area contributed by atoms with Gasteiger partial charge in [-0.15, -0.1) is 0 Å². The van der Waals surface area contributed by atoms with E-state index in [9.17, 15) is 4.39 Å². The molecule has 21 heavy (non-hydrogen) atoms. The first kappa shape index (κ1) is 16.2. The van der Waals surface area contributed by atoms with Crippen molar-refractivity contribution in [2.24, 2.45) is 0 Å². The summed E-state index contributed by atoms with van der Waals surface area (Å²) in [6, 6.07) is 5.57. The number of halogens is 1.